The molecule has 0 aromatic rings. The molecule has 1 unspecified atom stereocenters. The lowest BCUT2D eigenvalue weighted by Crippen LogP contribution is -2.29. The topological polar surface area (TPSA) is 40.9 Å². The van der Waals surface area contributed by atoms with Crippen molar-refractivity contribution >= 4 is 11.5 Å². The minimum absolute atomic E-state index is 0.115. The fourth-order valence-electron chi connectivity index (χ4n) is 2.02. The van der Waals surface area contributed by atoms with Crippen molar-refractivity contribution in [3.05, 3.63) is 0 Å². The zero-order valence-electron chi connectivity index (χ0n) is 13.3. The number of Topliss-reactive ketones (excluding diaryl/α,β-unsaturated/α-hetero) is 1. The Morgan fingerprint density at radius 2 is 1.56 bits per heavy atom. The molecule has 1 N–H and O–H groups in total. The van der Waals surface area contributed by atoms with Gasteiger partial charge in [0.05, 0.1) is 0 Å². The van der Waals surface area contributed by atoms with Crippen LogP contribution in [0, 0.1) is 22.2 Å². The second-order valence-corrected chi connectivity index (χ2v) is 7.73. The summed E-state index contributed by atoms with van der Waals surface area (Å²) in [6, 6.07) is 0. The van der Waals surface area contributed by atoms with Crippen molar-refractivity contribution < 1.29 is 4.79 Å². The summed E-state index contributed by atoms with van der Waals surface area (Å²) in [4.78, 5) is 12.4. The second-order valence-electron chi connectivity index (χ2n) is 7.73. The van der Waals surface area contributed by atoms with Gasteiger partial charge in [-0.3, -0.25) is 4.79 Å². The predicted octanol–water partition coefficient (Wildman–Crippen LogP) is 4.86. The number of hydrogen-bond donors (Lipinski definition) is 1. The summed E-state index contributed by atoms with van der Waals surface area (Å²) in [5.74, 6) is 0.470. The van der Waals surface area contributed by atoms with E-state index in [0.29, 0.717) is 11.5 Å². The van der Waals surface area contributed by atoms with Crippen molar-refractivity contribution in [1.29, 1.82) is 5.41 Å². The van der Waals surface area contributed by atoms with Gasteiger partial charge in [-0.15, -0.1) is 0 Å². The molecule has 0 rings (SSSR count). The van der Waals surface area contributed by atoms with E-state index >= 15 is 0 Å². The van der Waals surface area contributed by atoms with Gasteiger partial charge in [0.25, 0.3) is 0 Å². The molecule has 0 saturated carbocycles. The molecule has 2 heteroatoms. The van der Waals surface area contributed by atoms with E-state index in [0.717, 1.165) is 25.7 Å². The molecule has 0 aliphatic heterocycles. The molecule has 0 heterocycles. The fourth-order valence-corrected chi connectivity index (χ4v) is 2.02. The number of rotatable bonds is 6. The smallest absolute Gasteiger partial charge is 0.141 e. The number of ketones is 1. The van der Waals surface area contributed by atoms with Gasteiger partial charge in [-0.25, -0.2) is 0 Å². The Kier molecular flexibility index (Phi) is 6.25. The average Bonchev–Trinajstić information content (AvgIpc) is 2.13. The van der Waals surface area contributed by atoms with Crippen LogP contribution in [0.4, 0.5) is 0 Å². The lowest BCUT2D eigenvalue weighted by Gasteiger charge is -2.27. The molecule has 2 nitrogen and oxygen atoms in total. The summed E-state index contributed by atoms with van der Waals surface area (Å²) in [6.07, 6.45) is 3.60. The maximum absolute atomic E-state index is 12.4. The van der Waals surface area contributed by atoms with E-state index in [1.165, 1.54) is 0 Å². The lowest BCUT2D eigenvalue weighted by atomic mass is 9.76. The maximum atomic E-state index is 12.4. The van der Waals surface area contributed by atoms with Gasteiger partial charge < -0.3 is 5.41 Å². The highest BCUT2D eigenvalue weighted by Crippen LogP contribution is 2.30. The third-order valence-electron chi connectivity index (χ3n) is 3.22. The largest absolute Gasteiger partial charge is 0.310 e. The first-order valence-corrected chi connectivity index (χ1v) is 7.02. The molecule has 106 valence electrons. The zero-order valence-corrected chi connectivity index (χ0v) is 13.3. The highest BCUT2D eigenvalue weighted by Gasteiger charge is 2.30. The summed E-state index contributed by atoms with van der Waals surface area (Å²) in [5, 5.41) is 7.53. The van der Waals surface area contributed by atoms with Crippen LogP contribution >= 0.6 is 0 Å². The van der Waals surface area contributed by atoms with Gasteiger partial charge in [-0.05, 0) is 38.0 Å². The lowest BCUT2D eigenvalue weighted by molar-refractivity contribution is -0.131. The number of nitrogens with one attached hydrogen (secondary N) is 1. The Morgan fingerprint density at radius 1 is 1.06 bits per heavy atom. The maximum Gasteiger partial charge on any atom is 0.141 e. The molecule has 0 bridgehead atoms. The Balaban J connectivity index is 4.62. The molecule has 0 aromatic heterocycles. The normalized spacial score (nSPS) is 14.4. The van der Waals surface area contributed by atoms with Crippen LogP contribution in [0.1, 0.15) is 74.1 Å². The quantitative estimate of drug-likeness (QED) is 0.674. The zero-order chi connectivity index (χ0) is 14.6. The minimum Gasteiger partial charge on any atom is -0.310 e. The minimum atomic E-state index is -0.265. The van der Waals surface area contributed by atoms with Gasteiger partial charge in [0.1, 0.15) is 5.78 Å². The van der Waals surface area contributed by atoms with Crippen LogP contribution in [0.25, 0.3) is 0 Å². The standard InChI is InChI=1S/C16H31NO/c1-12(17)8-9-13(10-11-15(2,3)4)14(18)16(5,6)7/h13,17H,8-11H2,1-7H3. The van der Waals surface area contributed by atoms with Crippen molar-refractivity contribution in [2.45, 2.75) is 74.1 Å². The van der Waals surface area contributed by atoms with E-state index in [9.17, 15) is 4.79 Å². The molecule has 0 amide bonds. The number of hydrogen-bond acceptors (Lipinski definition) is 2. The Labute approximate surface area is 113 Å². The summed E-state index contributed by atoms with van der Waals surface area (Å²) in [6.45, 7) is 14.5. The monoisotopic (exact) mass is 253 g/mol. The van der Waals surface area contributed by atoms with Gasteiger partial charge in [-0.2, -0.15) is 0 Å². The van der Waals surface area contributed by atoms with Gasteiger partial charge in [-0.1, -0.05) is 41.5 Å². The summed E-state index contributed by atoms with van der Waals surface area (Å²) >= 11 is 0. The van der Waals surface area contributed by atoms with E-state index in [-0.39, 0.29) is 16.7 Å². The fraction of sp³-hybridized carbons (Fsp3) is 0.875. The third kappa shape index (κ3) is 7.62. The van der Waals surface area contributed by atoms with Crippen LogP contribution in [0.5, 0.6) is 0 Å². The molecule has 0 aliphatic rings. The number of carbonyl (C=O) groups is 1. The molecule has 0 saturated heterocycles. The Morgan fingerprint density at radius 3 is 1.89 bits per heavy atom. The van der Waals surface area contributed by atoms with Crippen molar-refractivity contribution in [1.82, 2.24) is 0 Å². The Bertz CT molecular complexity index is 291. The van der Waals surface area contributed by atoms with Crippen LogP contribution in [-0.2, 0) is 4.79 Å². The molecule has 1 atom stereocenters. The molecular formula is C16H31NO. The molecule has 0 radical (unpaired) electrons. The summed E-state index contributed by atoms with van der Waals surface area (Å²) in [5.41, 5.74) is 0.687. The van der Waals surface area contributed by atoms with Crippen molar-refractivity contribution in [3.63, 3.8) is 0 Å². The van der Waals surface area contributed by atoms with Crippen LogP contribution in [-0.4, -0.2) is 11.5 Å². The molecule has 0 spiro atoms. The first-order valence-electron chi connectivity index (χ1n) is 7.02. The van der Waals surface area contributed by atoms with E-state index in [1.54, 1.807) is 0 Å². The molecule has 0 fully saturated rings. The van der Waals surface area contributed by atoms with Gasteiger partial charge in [0.15, 0.2) is 0 Å². The Hall–Kier alpha value is -0.660. The van der Waals surface area contributed by atoms with Crippen LogP contribution in [0.2, 0.25) is 0 Å². The molecule has 0 aromatic carbocycles. The molecule has 0 aliphatic carbocycles. The SMILES string of the molecule is CC(=N)CCC(CCC(C)(C)C)C(=O)C(C)(C)C. The highest BCUT2D eigenvalue weighted by molar-refractivity contribution is 5.86. The van der Waals surface area contributed by atoms with E-state index < -0.39 is 0 Å². The van der Waals surface area contributed by atoms with Crippen LogP contribution in [0.15, 0.2) is 0 Å². The van der Waals surface area contributed by atoms with Crippen LogP contribution in [0.3, 0.4) is 0 Å². The molecular weight excluding hydrogens is 222 g/mol. The van der Waals surface area contributed by atoms with Crippen molar-refractivity contribution in [3.8, 4) is 0 Å². The average molecular weight is 253 g/mol. The summed E-state index contributed by atoms with van der Waals surface area (Å²) < 4.78 is 0. The summed E-state index contributed by atoms with van der Waals surface area (Å²) in [7, 11) is 0. The molecule has 18 heavy (non-hydrogen) atoms. The van der Waals surface area contributed by atoms with E-state index in [4.69, 9.17) is 5.41 Å². The van der Waals surface area contributed by atoms with Crippen molar-refractivity contribution in [2.24, 2.45) is 16.7 Å². The van der Waals surface area contributed by atoms with Gasteiger partial charge in [0, 0.05) is 17.0 Å². The van der Waals surface area contributed by atoms with E-state index in [1.807, 2.05) is 27.7 Å². The third-order valence-corrected chi connectivity index (χ3v) is 3.22. The highest BCUT2D eigenvalue weighted by atomic mass is 16.1. The van der Waals surface area contributed by atoms with Crippen molar-refractivity contribution in [2.75, 3.05) is 0 Å². The predicted molar refractivity (Wildman–Crippen MR) is 79.3 cm³/mol. The second kappa shape index (κ2) is 6.49. The first kappa shape index (κ1) is 17.3. The first-order chi connectivity index (χ1) is 7.93. The van der Waals surface area contributed by atoms with Gasteiger partial charge >= 0.3 is 0 Å². The van der Waals surface area contributed by atoms with Gasteiger partial charge in [0.2, 0.25) is 0 Å². The van der Waals surface area contributed by atoms with E-state index in [2.05, 4.69) is 20.8 Å². The van der Waals surface area contributed by atoms with Crippen LogP contribution < -0.4 is 0 Å². The number of carbonyl (C=O) groups excluding carboxylic acids is 1.